The molecule has 2 rings (SSSR count). The first-order chi connectivity index (χ1) is 6.70. The topological polar surface area (TPSA) is 74.9 Å². The number of phenolic OH excluding ortho intramolecular Hbond substituents is 1. The molecule has 0 radical (unpaired) electrons. The third-order valence-electron chi connectivity index (χ3n) is 1.92. The molecule has 0 saturated heterocycles. The number of phenols is 1. The standard InChI is InChI=1S/C9H8BrN3O/c10-6-3-1-2-5(9(6)14)8-7(11)4-12-13-8/h1-4,14H,11H2,(H,12,13). The van der Waals surface area contributed by atoms with Crippen LogP contribution >= 0.6 is 15.9 Å². The van der Waals surface area contributed by atoms with Crippen molar-refractivity contribution in [1.82, 2.24) is 10.2 Å². The van der Waals surface area contributed by atoms with Crippen LogP contribution in [0.5, 0.6) is 5.75 Å². The number of H-pyrrole nitrogens is 1. The van der Waals surface area contributed by atoms with Crippen LogP contribution in [0.1, 0.15) is 0 Å². The maximum atomic E-state index is 9.74. The third kappa shape index (κ3) is 1.35. The van der Waals surface area contributed by atoms with Crippen molar-refractivity contribution < 1.29 is 5.11 Å². The highest BCUT2D eigenvalue weighted by Crippen LogP contribution is 2.36. The van der Waals surface area contributed by atoms with Crippen LogP contribution in [0.4, 0.5) is 5.69 Å². The Morgan fingerprint density at radius 2 is 2.21 bits per heavy atom. The second kappa shape index (κ2) is 3.34. The van der Waals surface area contributed by atoms with E-state index in [9.17, 15) is 5.11 Å². The van der Waals surface area contributed by atoms with E-state index in [-0.39, 0.29) is 5.75 Å². The summed E-state index contributed by atoms with van der Waals surface area (Å²) in [7, 11) is 0. The average molecular weight is 254 g/mol. The number of hydrogen-bond donors (Lipinski definition) is 3. The summed E-state index contributed by atoms with van der Waals surface area (Å²) in [5.74, 6) is 0.156. The Kier molecular flexibility index (Phi) is 2.17. The number of hydrogen-bond acceptors (Lipinski definition) is 3. The summed E-state index contributed by atoms with van der Waals surface area (Å²) in [4.78, 5) is 0. The van der Waals surface area contributed by atoms with Crippen molar-refractivity contribution in [2.75, 3.05) is 5.73 Å². The van der Waals surface area contributed by atoms with Crippen molar-refractivity contribution >= 4 is 21.6 Å². The van der Waals surface area contributed by atoms with Gasteiger partial charge in [0, 0.05) is 5.56 Å². The fourth-order valence-electron chi connectivity index (χ4n) is 1.23. The number of nitrogens with two attached hydrogens (primary N) is 1. The fourth-order valence-corrected chi connectivity index (χ4v) is 1.59. The second-order valence-electron chi connectivity index (χ2n) is 2.84. The van der Waals surface area contributed by atoms with E-state index in [0.29, 0.717) is 21.4 Å². The highest BCUT2D eigenvalue weighted by atomic mass is 79.9. The summed E-state index contributed by atoms with van der Waals surface area (Å²) < 4.78 is 0.629. The van der Waals surface area contributed by atoms with Crippen molar-refractivity contribution in [2.24, 2.45) is 0 Å². The number of anilines is 1. The van der Waals surface area contributed by atoms with Gasteiger partial charge in [-0.05, 0) is 28.1 Å². The summed E-state index contributed by atoms with van der Waals surface area (Å²) in [5.41, 5.74) is 7.45. The Morgan fingerprint density at radius 1 is 1.43 bits per heavy atom. The normalized spacial score (nSPS) is 10.4. The summed E-state index contributed by atoms with van der Waals surface area (Å²) in [6.07, 6.45) is 1.51. The van der Waals surface area contributed by atoms with Gasteiger partial charge in [0.25, 0.3) is 0 Å². The molecule has 0 bridgehead atoms. The fraction of sp³-hybridized carbons (Fsp3) is 0. The highest BCUT2D eigenvalue weighted by Gasteiger charge is 2.10. The molecule has 0 aliphatic carbocycles. The zero-order chi connectivity index (χ0) is 10.1. The molecule has 0 unspecified atom stereocenters. The molecule has 0 atom stereocenters. The highest BCUT2D eigenvalue weighted by molar-refractivity contribution is 9.10. The van der Waals surface area contributed by atoms with E-state index < -0.39 is 0 Å². The average Bonchev–Trinajstić information content (AvgIpc) is 2.57. The first kappa shape index (κ1) is 9.08. The van der Waals surface area contributed by atoms with Gasteiger partial charge in [0.2, 0.25) is 0 Å². The molecular weight excluding hydrogens is 246 g/mol. The van der Waals surface area contributed by atoms with Crippen LogP contribution in [0.15, 0.2) is 28.9 Å². The Bertz CT molecular complexity index is 467. The molecule has 1 heterocycles. The molecule has 0 saturated carbocycles. The molecule has 1 aromatic carbocycles. The molecule has 2 aromatic rings. The maximum absolute atomic E-state index is 9.74. The van der Waals surface area contributed by atoms with Crippen molar-refractivity contribution in [1.29, 1.82) is 0 Å². The number of aromatic hydroxyl groups is 1. The summed E-state index contributed by atoms with van der Waals surface area (Å²) in [5, 5.41) is 16.3. The van der Waals surface area contributed by atoms with Crippen molar-refractivity contribution in [3.05, 3.63) is 28.9 Å². The molecule has 1 aromatic heterocycles. The van der Waals surface area contributed by atoms with Crippen molar-refractivity contribution in [3.8, 4) is 17.0 Å². The zero-order valence-electron chi connectivity index (χ0n) is 7.16. The Balaban J connectivity index is 2.63. The lowest BCUT2D eigenvalue weighted by molar-refractivity contribution is 0.474. The van der Waals surface area contributed by atoms with Gasteiger partial charge in [-0.1, -0.05) is 6.07 Å². The van der Waals surface area contributed by atoms with Gasteiger partial charge in [0.15, 0.2) is 0 Å². The van der Waals surface area contributed by atoms with Crippen LogP contribution in [0.25, 0.3) is 11.3 Å². The lowest BCUT2D eigenvalue weighted by atomic mass is 10.1. The van der Waals surface area contributed by atoms with Crippen molar-refractivity contribution in [3.63, 3.8) is 0 Å². The number of nitrogen functional groups attached to an aromatic ring is 1. The van der Waals surface area contributed by atoms with Crippen LogP contribution < -0.4 is 5.73 Å². The SMILES string of the molecule is Nc1cn[nH]c1-c1cccc(Br)c1O. The summed E-state index contributed by atoms with van der Waals surface area (Å²) in [6.45, 7) is 0. The van der Waals surface area contributed by atoms with E-state index in [1.807, 2.05) is 6.07 Å². The van der Waals surface area contributed by atoms with Crippen LogP contribution in [0, 0.1) is 0 Å². The Hall–Kier alpha value is -1.49. The van der Waals surface area contributed by atoms with Gasteiger partial charge in [0.1, 0.15) is 5.75 Å². The Morgan fingerprint density at radius 3 is 2.86 bits per heavy atom. The van der Waals surface area contributed by atoms with Crippen LogP contribution in [0.3, 0.4) is 0 Å². The van der Waals surface area contributed by atoms with E-state index >= 15 is 0 Å². The molecule has 4 nitrogen and oxygen atoms in total. The van der Waals surface area contributed by atoms with Gasteiger partial charge in [-0.15, -0.1) is 0 Å². The predicted octanol–water partition coefficient (Wildman–Crippen LogP) is 2.13. The molecule has 4 N–H and O–H groups in total. The zero-order valence-corrected chi connectivity index (χ0v) is 8.75. The number of benzene rings is 1. The minimum absolute atomic E-state index is 0.156. The molecule has 0 aliphatic heterocycles. The number of aromatic amines is 1. The third-order valence-corrected chi connectivity index (χ3v) is 2.56. The van der Waals surface area contributed by atoms with E-state index in [0.717, 1.165) is 0 Å². The summed E-state index contributed by atoms with van der Waals surface area (Å²) in [6, 6.07) is 5.34. The molecule has 0 aliphatic rings. The van der Waals surface area contributed by atoms with Crippen LogP contribution in [-0.4, -0.2) is 15.3 Å². The maximum Gasteiger partial charge on any atom is 0.139 e. The minimum atomic E-state index is 0.156. The largest absolute Gasteiger partial charge is 0.506 e. The number of nitrogens with one attached hydrogen (secondary N) is 1. The molecule has 0 fully saturated rings. The van der Waals surface area contributed by atoms with Gasteiger partial charge in [-0.25, -0.2) is 0 Å². The monoisotopic (exact) mass is 253 g/mol. The first-order valence-electron chi connectivity index (χ1n) is 3.97. The molecular formula is C9H8BrN3O. The number of rotatable bonds is 1. The van der Waals surface area contributed by atoms with E-state index in [4.69, 9.17) is 5.73 Å². The van der Waals surface area contributed by atoms with E-state index in [1.165, 1.54) is 6.20 Å². The van der Waals surface area contributed by atoms with Gasteiger partial charge in [-0.3, -0.25) is 5.10 Å². The summed E-state index contributed by atoms with van der Waals surface area (Å²) >= 11 is 3.23. The van der Waals surface area contributed by atoms with E-state index in [2.05, 4.69) is 26.1 Å². The smallest absolute Gasteiger partial charge is 0.139 e. The van der Waals surface area contributed by atoms with Crippen LogP contribution in [0.2, 0.25) is 0 Å². The molecule has 0 amide bonds. The number of halogens is 1. The van der Waals surface area contributed by atoms with Gasteiger partial charge >= 0.3 is 0 Å². The lowest BCUT2D eigenvalue weighted by Crippen LogP contribution is -1.87. The predicted molar refractivity (Wildman–Crippen MR) is 57.8 cm³/mol. The molecule has 5 heteroatoms. The van der Waals surface area contributed by atoms with Gasteiger partial charge in [0.05, 0.1) is 22.1 Å². The quantitative estimate of drug-likeness (QED) is 0.729. The number of para-hydroxylation sites is 1. The molecule has 0 spiro atoms. The van der Waals surface area contributed by atoms with E-state index in [1.54, 1.807) is 12.1 Å². The van der Waals surface area contributed by atoms with Crippen LogP contribution in [-0.2, 0) is 0 Å². The second-order valence-corrected chi connectivity index (χ2v) is 3.69. The Labute approximate surface area is 88.9 Å². The van der Waals surface area contributed by atoms with Gasteiger partial charge in [-0.2, -0.15) is 5.10 Å². The molecule has 72 valence electrons. The first-order valence-corrected chi connectivity index (χ1v) is 4.76. The lowest BCUT2D eigenvalue weighted by Gasteiger charge is -2.04. The number of nitrogens with zero attached hydrogens (tertiary/aromatic N) is 1. The molecule has 14 heavy (non-hydrogen) atoms. The van der Waals surface area contributed by atoms with Gasteiger partial charge < -0.3 is 10.8 Å². The van der Waals surface area contributed by atoms with Crippen molar-refractivity contribution in [2.45, 2.75) is 0 Å². The minimum Gasteiger partial charge on any atom is -0.506 e. The number of aromatic nitrogens is 2.